The number of anilines is 1. The lowest BCUT2D eigenvalue weighted by Gasteiger charge is -2.11. The van der Waals surface area contributed by atoms with Crippen LogP contribution in [0.15, 0.2) is 24.3 Å². The highest BCUT2D eigenvalue weighted by atomic mass is 32.1. The number of hydrogen-bond donors (Lipinski definition) is 2. The number of carbonyl (C=O) groups excluding carboxylic acids is 2. The summed E-state index contributed by atoms with van der Waals surface area (Å²) in [6, 6.07) is 7.33. The maximum atomic E-state index is 12.2. The summed E-state index contributed by atoms with van der Waals surface area (Å²) in [5.74, 6) is 0.0904. The van der Waals surface area contributed by atoms with Gasteiger partial charge < -0.3 is 15.5 Å². The van der Waals surface area contributed by atoms with Crippen molar-refractivity contribution < 1.29 is 9.59 Å². The summed E-state index contributed by atoms with van der Waals surface area (Å²) in [7, 11) is 3.50. The molecule has 2 rings (SSSR count). The highest BCUT2D eigenvalue weighted by molar-refractivity contribution is 7.11. The highest BCUT2D eigenvalue weighted by Crippen LogP contribution is 2.18. The van der Waals surface area contributed by atoms with Crippen LogP contribution in [0.3, 0.4) is 0 Å². The van der Waals surface area contributed by atoms with Crippen LogP contribution in [0.25, 0.3) is 0 Å². The number of carbonyl (C=O) groups is 2. The van der Waals surface area contributed by atoms with E-state index in [-0.39, 0.29) is 11.9 Å². The monoisotopic (exact) mass is 374 g/mol. The Kier molecular flexibility index (Phi) is 7.15. The van der Waals surface area contributed by atoms with E-state index < -0.39 is 0 Å². The zero-order valence-corrected chi connectivity index (χ0v) is 16.6. The average molecular weight is 375 g/mol. The lowest BCUT2D eigenvalue weighted by molar-refractivity contribution is -0.128. The van der Waals surface area contributed by atoms with Gasteiger partial charge in [0.25, 0.3) is 0 Å². The standard InChI is InChI=1S/C19H26N4O2S/c1-5-16-17(26-13(2)21-16)12-20-19(25)22-15-8-6-7-14(11-15)9-10-18(24)23(3)4/h6-8,11H,5,9-10,12H2,1-4H3,(H2,20,22,25). The first-order chi connectivity index (χ1) is 12.4. The number of amides is 3. The first kappa shape index (κ1) is 19.9. The first-order valence-corrected chi connectivity index (χ1v) is 9.49. The summed E-state index contributed by atoms with van der Waals surface area (Å²) >= 11 is 1.61. The summed E-state index contributed by atoms with van der Waals surface area (Å²) in [4.78, 5) is 31.0. The van der Waals surface area contributed by atoms with Crippen molar-refractivity contribution in [3.05, 3.63) is 45.4 Å². The van der Waals surface area contributed by atoms with E-state index in [4.69, 9.17) is 0 Å². The molecule has 140 valence electrons. The largest absolute Gasteiger partial charge is 0.349 e. The van der Waals surface area contributed by atoms with E-state index in [1.54, 1.807) is 30.3 Å². The first-order valence-electron chi connectivity index (χ1n) is 8.68. The maximum Gasteiger partial charge on any atom is 0.319 e. The predicted octanol–water partition coefficient (Wildman–Crippen LogP) is 3.36. The Hall–Kier alpha value is -2.41. The number of aromatic nitrogens is 1. The molecule has 7 heteroatoms. The van der Waals surface area contributed by atoms with Crippen LogP contribution in [0.1, 0.15) is 34.5 Å². The van der Waals surface area contributed by atoms with Gasteiger partial charge in [-0.05, 0) is 37.5 Å². The van der Waals surface area contributed by atoms with Gasteiger partial charge in [-0.15, -0.1) is 11.3 Å². The smallest absolute Gasteiger partial charge is 0.319 e. The number of hydrogen-bond acceptors (Lipinski definition) is 4. The topological polar surface area (TPSA) is 74.3 Å². The van der Waals surface area contributed by atoms with Crippen LogP contribution < -0.4 is 10.6 Å². The number of thiazole rings is 1. The fourth-order valence-electron chi connectivity index (χ4n) is 2.54. The molecule has 0 bridgehead atoms. The van der Waals surface area contributed by atoms with Gasteiger partial charge in [0.15, 0.2) is 0 Å². The third-order valence-corrected chi connectivity index (χ3v) is 4.95. The van der Waals surface area contributed by atoms with Crippen molar-refractivity contribution in [2.24, 2.45) is 0 Å². The van der Waals surface area contributed by atoms with Gasteiger partial charge in [-0.3, -0.25) is 4.79 Å². The van der Waals surface area contributed by atoms with Crippen molar-refractivity contribution in [3.8, 4) is 0 Å². The fraction of sp³-hybridized carbons (Fsp3) is 0.421. The molecule has 0 radical (unpaired) electrons. The zero-order valence-electron chi connectivity index (χ0n) is 15.8. The van der Waals surface area contributed by atoms with Gasteiger partial charge in [-0.1, -0.05) is 19.1 Å². The molecule has 26 heavy (non-hydrogen) atoms. The van der Waals surface area contributed by atoms with Gasteiger partial charge in [0, 0.05) is 31.1 Å². The summed E-state index contributed by atoms with van der Waals surface area (Å²) in [5, 5.41) is 6.74. The summed E-state index contributed by atoms with van der Waals surface area (Å²) in [6.07, 6.45) is 1.96. The SMILES string of the molecule is CCc1nc(C)sc1CNC(=O)Nc1cccc(CCC(=O)N(C)C)c1. The van der Waals surface area contributed by atoms with Crippen LogP contribution in [0, 0.1) is 6.92 Å². The molecule has 1 aromatic carbocycles. The summed E-state index contributed by atoms with van der Waals surface area (Å²) < 4.78 is 0. The molecular weight excluding hydrogens is 348 g/mol. The lowest BCUT2D eigenvalue weighted by Crippen LogP contribution is -2.28. The summed E-state index contributed by atoms with van der Waals surface area (Å²) in [6.45, 7) is 4.50. The summed E-state index contributed by atoms with van der Waals surface area (Å²) in [5.41, 5.74) is 2.78. The quantitative estimate of drug-likeness (QED) is 0.780. The Morgan fingerprint density at radius 1 is 1.27 bits per heavy atom. The minimum atomic E-state index is -0.250. The maximum absolute atomic E-state index is 12.2. The molecule has 6 nitrogen and oxygen atoms in total. The van der Waals surface area contributed by atoms with Crippen molar-refractivity contribution in [1.29, 1.82) is 0 Å². The number of aryl methyl sites for hydroxylation is 3. The van der Waals surface area contributed by atoms with Crippen molar-refractivity contribution >= 4 is 29.0 Å². The van der Waals surface area contributed by atoms with E-state index in [2.05, 4.69) is 22.5 Å². The third kappa shape index (κ3) is 5.84. The number of urea groups is 1. The van der Waals surface area contributed by atoms with Crippen molar-refractivity contribution in [2.75, 3.05) is 19.4 Å². The number of rotatable bonds is 7. The van der Waals surface area contributed by atoms with Gasteiger partial charge >= 0.3 is 6.03 Å². The molecule has 0 saturated carbocycles. The zero-order chi connectivity index (χ0) is 19.1. The van der Waals surface area contributed by atoms with Gasteiger partial charge in [-0.25, -0.2) is 9.78 Å². The normalized spacial score (nSPS) is 10.5. The molecule has 0 atom stereocenters. The molecule has 1 heterocycles. The number of nitrogens with zero attached hydrogens (tertiary/aromatic N) is 2. The van der Waals surface area contributed by atoms with Crippen LogP contribution in [0.4, 0.5) is 10.5 Å². The fourth-order valence-corrected chi connectivity index (χ4v) is 3.51. The molecule has 2 aromatic rings. The average Bonchev–Trinajstić information content (AvgIpc) is 2.98. The number of nitrogens with one attached hydrogen (secondary N) is 2. The Bertz CT molecular complexity index is 771. The van der Waals surface area contributed by atoms with E-state index in [0.29, 0.717) is 25.1 Å². The minimum Gasteiger partial charge on any atom is -0.349 e. The van der Waals surface area contributed by atoms with Crippen LogP contribution in [0.5, 0.6) is 0 Å². The van der Waals surface area contributed by atoms with Gasteiger partial charge in [0.2, 0.25) is 5.91 Å². The van der Waals surface area contributed by atoms with Crippen LogP contribution in [-0.4, -0.2) is 35.9 Å². The van der Waals surface area contributed by atoms with Gasteiger partial charge in [0.1, 0.15) is 0 Å². The van der Waals surface area contributed by atoms with E-state index in [9.17, 15) is 9.59 Å². The molecule has 0 spiro atoms. The Morgan fingerprint density at radius 3 is 2.73 bits per heavy atom. The molecule has 0 fully saturated rings. The molecule has 0 unspecified atom stereocenters. The van der Waals surface area contributed by atoms with E-state index >= 15 is 0 Å². The lowest BCUT2D eigenvalue weighted by atomic mass is 10.1. The Morgan fingerprint density at radius 2 is 2.04 bits per heavy atom. The van der Waals surface area contributed by atoms with Gasteiger partial charge in [0.05, 0.1) is 17.2 Å². The van der Waals surface area contributed by atoms with Crippen molar-refractivity contribution in [1.82, 2.24) is 15.2 Å². The Balaban J connectivity index is 1.88. The molecule has 0 aliphatic heterocycles. The van der Waals surface area contributed by atoms with E-state index in [1.807, 2.05) is 31.2 Å². The van der Waals surface area contributed by atoms with Crippen LogP contribution in [0.2, 0.25) is 0 Å². The van der Waals surface area contributed by atoms with E-state index in [0.717, 1.165) is 27.6 Å². The molecule has 2 N–H and O–H groups in total. The van der Waals surface area contributed by atoms with E-state index in [1.165, 1.54) is 0 Å². The predicted molar refractivity (Wildman–Crippen MR) is 106 cm³/mol. The van der Waals surface area contributed by atoms with Crippen LogP contribution in [-0.2, 0) is 24.2 Å². The minimum absolute atomic E-state index is 0.0904. The molecular formula is C19H26N4O2S. The van der Waals surface area contributed by atoms with Gasteiger partial charge in [-0.2, -0.15) is 0 Å². The molecule has 1 aromatic heterocycles. The number of benzene rings is 1. The molecule has 0 saturated heterocycles. The molecule has 0 aliphatic rings. The van der Waals surface area contributed by atoms with Crippen molar-refractivity contribution in [3.63, 3.8) is 0 Å². The van der Waals surface area contributed by atoms with Crippen molar-refractivity contribution in [2.45, 2.75) is 39.7 Å². The molecule has 3 amide bonds. The highest BCUT2D eigenvalue weighted by Gasteiger charge is 2.10. The second-order valence-corrected chi connectivity index (χ2v) is 7.54. The third-order valence-electron chi connectivity index (χ3n) is 3.94. The Labute approximate surface area is 158 Å². The van der Waals surface area contributed by atoms with Crippen LogP contribution >= 0.6 is 11.3 Å². The second kappa shape index (κ2) is 9.33. The second-order valence-electron chi connectivity index (χ2n) is 6.25. The molecule has 0 aliphatic carbocycles.